The standard InChI is InChI=1S/C31H37FN6O3/c1-40-25-19-23-5-2-3-6-26(23)29(20-25)38-11-8-27-28(22-38)33-31(41-18-16-36-10-7-24(32)21-36)34-30(27)37-14-12-35(13-15-37)9-4-17-39/h2-6,9,17,19-20,24H,7-8,10-16,18,21-22H2,1H3/t24-/m1/s1. The van der Waals surface area contributed by atoms with Crippen LogP contribution in [0.15, 0.2) is 48.7 Å². The zero-order chi connectivity index (χ0) is 28.2. The van der Waals surface area contributed by atoms with Crippen molar-refractivity contribution in [3.05, 3.63) is 59.9 Å². The van der Waals surface area contributed by atoms with Crippen molar-refractivity contribution in [2.45, 2.75) is 25.6 Å². The number of fused-ring (bicyclic) bond motifs is 2. The van der Waals surface area contributed by atoms with E-state index in [0.29, 0.717) is 38.7 Å². The van der Waals surface area contributed by atoms with Gasteiger partial charge in [-0.05, 0) is 30.4 Å². The van der Waals surface area contributed by atoms with Crippen LogP contribution in [0.2, 0.25) is 0 Å². The van der Waals surface area contributed by atoms with E-state index in [1.54, 1.807) is 7.11 Å². The second-order valence-corrected chi connectivity index (χ2v) is 10.8. The number of piperazine rings is 1. The lowest BCUT2D eigenvalue weighted by atomic mass is 10.0. The Balaban J connectivity index is 1.27. The lowest BCUT2D eigenvalue weighted by Gasteiger charge is -2.38. The predicted molar refractivity (Wildman–Crippen MR) is 158 cm³/mol. The molecule has 0 amide bonds. The molecule has 1 aromatic heterocycles. The molecule has 216 valence electrons. The quantitative estimate of drug-likeness (QED) is 0.289. The number of rotatable bonds is 9. The van der Waals surface area contributed by atoms with Crippen LogP contribution in [-0.4, -0.2) is 98.3 Å². The first-order valence-electron chi connectivity index (χ1n) is 14.4. The zero-order valence-corrected chi connectivity index (χ0v) is 23.5. The summed E-state index contributed by atoms with van der Waals surface area (Å²) >= 11 is 0. The number of aldehydes is 1. The number of methoxy groups -OCH3 is 1. The van der Waals surface area contributed by atoms with E-state index in [1.165, 1.54) is 11.5 Å². The molecule has 10 heteroatoms. The molecule has 2 saturated heterocycles. The Bertz CT molecular complexity index is 1410. The van der Waals surface area contributed by atoms with Crippen LogP contribution in [0.5, 0.6) is 11.8 Å². The minimum absolute atomic E-state index is 0.371. The maximum absolute atomic E-state index is 13.6. The number of aromatic nitrogens is 2. The molecular weight excluding hydrogens is 523 g/mol. The van der Waals surface area contributed by atoms with Gasteiger partial charge in [-0.3, -0.25) is 9.69 Å². The number of carbonyl (C=O) groups is 1. The first kappa shape index (κ1) is 27.3. The van der Waals surface area contributed by atoms with Gasteiger partial charge in [-0.2, -0.15) is 9.97 Å². The van der Waals surface area contributed by atoms with E-state index >= 15 is 0 Å². The molecule has 3 aliphatic heterocycles. The van der Waals surface area contributed by atoms with Crippen LogP contribution in [0.4, 0.5) is 15.9 Å². The van der Waals surface area contributed by atoms with Gasteiger partial charge in [0.05, 0.1) is 19.3 Å². The number of hydrogen-bond donors (Lipinski definition) is 0. The summed E-state index contributed by atoms with van der Waals surface area (Å²) in [6, 6.07) is 12.9. The summed E-state index contributed by atoms with van der Waals surface area (Å²) in [4.78, 5) is 29.5. The highest BCUT2D eigenvalue weighted by Crippen LogP contribution is 2.36. The lowest BCUT2D eigenvalue weighted by Crippen LogP contribution is -2.45. The second kappa shape index (κ2) is 12.3. The van der Waals surface area contributed by atoms with Gasteiger partial charge >= 0.3 is 6.01 Å². The molecule has 9 nitrogen and oxygen atoms in total. The SMILES string of the molecule is COc1cc(N2CCc3c(nc(OCCN4CC[C@@H](F)C4)nc3N3CCN(C=CC=O)CC3)C2)c2ccccc2c1. The molecule has 2 aromatic carbocycles. The molecule has 2 fully saturated rings. The van der Waals surface area contributed by atoms with Crippen LogP contribution < -0.4 is 19.3 Å². The van der Waals surface area contributed by atoms with Crippen molar-refractivity contribution in [2.24, 2.45) is 0 Å². The highest BCUT2D eigenvalue weighted by Gasteiger charge is 2.28. The first-order valence-corrected chi connectivity index (χ1v) is 14.4. The molecule has 0 aliphatic carbocycles. The summed E-state index contributed by atoms with van der Waals surface area (Å²) in [6.45, 7) is 6.96. The summed E-state index contributed by atoms with van der Waals surface area (Å²) in [5.74, 6) is 1.76. The molecule has 0 radical (unpaired) electrons. The average molecular weight is 561 g/mol. The van der Waals surface area contributed by atoms with Crippen LogP contribution in [0.25, 0.3) is 10.8 Å². The normalized spacial score (nSPS) is 19.7. The van der Waals surface area contributed by atoms with E-state index in [1.807, 2.05) is 12.3 Å². The third-order valence-corrected chi connectivity index (χ3v) is 8.26. The monoisotopic (exact) mass is 560 g/mol. The molecule has 3 aromatic rings. The Morgan fingerprint density at radius 3 is 2.68 bits per heavy atom. The number of benzene rings is 2. The van der Waals surface area contributed by atoms with Crippen molar-refractivity contribution in [1.82, 2.24) is 19.8 Å². The third kappa shape index (κ3) is 6.07. The number of halogens is 1. The molecule has 0 N–H and O–H groups in total. The molecule has 0 bridgehead atoms. The number of hydrogen-bond acceptors (Lipinski definition) is 9. The summed E-state index contributed by atoms with van der Waals surface area (Å²) in [6.07, 6.45) is 4.85. The molecule has 0 unspecified atom stereocenters. The molecule has 0 spiro atoms. The first-order chi connectivity index (χ1) is 20.1. The maximum atomic E-state index is 13.6. The van der Waals surface area contributed by atoms with E-state index in [9.17, 15) is 9.18 Å². The van der Waals surface area contributed by atoms with Gasteiger partial charge in [-0.1, -0.05) is 24.3 Å². The highest BCUT2D eigenvalue weighted by molar-refractivity contribution is 5.95. The summed E-state index contributed by atoms with van der Waals surface area (Å²) in [5, 5.41) is 2.32. The predicted octanol–water partition coefficient (Wildman–Crippen LogP) is 3.46. The molecule has 41 heavy (non-hydrogen) atoms. The number of allylic oxidation sites excluding steroid dienone is 1. The average Bonchev–Trinajstić information content (AvgIpc) is 3.43. The fraction of sp³-hybridized carbons (Fsp3) is 0.452. The molecular formula is C31H37FN6O3. The molecule has 1 atom stereocenters. The van der Waals surface area contributed by atoms with E-state index in [0.717, 1.165) is 85.9 Å². The minimum Gasteiger partial charge on any atom is -0.497 e. The molecule has 4 heterocycles. The number of alkyl halides is 1. The van der Waals surface area contributed by atoms with Crippen molar-refractivity contribution >= 4 is 28.6 Å². The Morgan fingerprint density at radius 1 is 1.05 bits per heavy atom. The van der Waals surface area contributed by atoms with Gasteiger partial charge in [0, 0.05) is 81.3 Å². The molecule has 6 rings (SSSR count). The van der Waals surface area contributed by atoms with Crippen LogP contribution in [-0.2, 0) is 17.8 Å². The summed E-state index contributed by atoms with van der Waals surface area (Å²) in [7, 11) is 1.70. The van der Waals surface area contributed by atoms with Gasteiger partial charge < -0.3 is 24.2 Å². The number of anilines is 2. The Labute approximate surface area is 240 Å². The largest absolute Gasteiger partial charge is 0.497 e. The van der Waals surface area contributed by atoms with Crippen LogP contribution >= 0.6 is 0 Å². The number of ether oxygens (including phenoxy) is 2. The number of carbonyl (C=O) groups excluding carboxylic acids is 1. The summed E-state index contributed by atoms with van der Waals surface area (Å²) < 4.78 is 25.4. The van der Waals surface area contributed by atoms with E-state index in [4.69, 9.17) is 19.4 Å². The molecule has 0 saturated carbocycles. The smallest absolute Gasteiger partial charge is 0.318 e. The summed E-state index contributed by atoms with van der Waals surface area (Å²) in [5.41, 5.74) is 3.26. The maximum Gasteiger partial charge on any atom is 0.318 e. The van der Waals surface area contributed by atoms with Crippen LogP contribution in [0.3, 0.4) is 0 Å². The fourth-order valence-electron chi connectivity index (χ4n) is 6.06. The second-order valence-electron chi connectivity index (χ2n) is 10.8. The van der Waals surface area contributed by atoms with E-state index in [2.05, 4.69) is 49.9 Å². The van der Waals surface area contributed by atoms with Crippen molar-refractivity contribution < 1.29 is 18.7 Å². The lowest BCUT2D eigenvalue weighted by molar-refractivity contribution is -0.104. The Hall–Kier alpha value is -3.92. The minimum atomic E-state index is -0.750. The van der Waals surface area contributed by atoms with Gasteiger partial charge in [0.1, 0.15) is 30.6 Å². The fourth-order valence-corrected chi connectivity index (χ4v) is 6.06. The van der Waals surface area contributed by atoms with Gasteiger partial charge in [0.15, 0.2) is 0 Å². The van der Waals surface area contributed by atoms with Gasteiger partial charge in [0.2, 0.25) is 0 Å². The Morgan fingerprint density at radius 2 is 1.90 bits per heavy atom. The van der Waals surface area contributed by atoms with Crippen LogP contribution in [0, 0.1) is 0 Å². The van der Waals surface area contributed by atoms with Crippen molar-refractivity contribution in [1.29, 1.82) is 0 Å². The van der Waals surface area contributed by atoms with E-state index < -0.39 is 6.17 Å². The molecule has 3 aliphatic rings. The number of likely N-dealkylation sites (tertiary alicyclic amines) is 1. The highest BCUT2D eigenvalue weighted by atomic mass is 19.1. The van der Waals surface area contributed by atoms with E-state index in [-0.39, 0.29) is 0 Å². The Kier molecular flexibility index (Phi) is 8.18. The third-order valence-electron chi connectivity index (χ3n) is 8.26. The van der Waals surface area contributed by atoms with Crippen molar-refractivity contribution in [3.8, 4) is 11.8 Å². The van der Waals surface area contributed by atoms with Gasteiger partial charge in [-0.15, -0.1) is 0 Å². The van der Waals surface area contributed by atoms with Crippen molar-refractivity contribution in [2.75, 3.05) is 75.9 Å². The van der Waals surface area contributed by atoms with Gasteiger partial charge in [0.25, 0.3) is 0 Å². The van der Waals surface area contributed by atoms with Crippen molar-refractivity contribution in [3.63, 3.8) is 0 Å². The van der Waals surface area contributed by atoms with Gasteiger partial charge in [-0.25, -0.2) is 4.39 Å². The van der Waals surface area contributed by atoms with Crippen LogP contribution in [0.1, 0.15) is 17.7 Å². The topological polar surface area (TPSA) is 74.3 Å². The zero-order valence-electron chi connectivity index (χ0n) is 23.5. The number of nitrogens with zero attached hydrogens (tertiary/aromatic N) is 6.